The molecule has 5 heteroatoms. The van der Waals surface area contributed by atoms with Gasteiger partial charge in [0.15, 0.2) is 17.4 Å². The van der Waals surface area contributed by atoms with Gasteiger partial charge in [-0.3, -0.25) is 0 Å². The van der Waals surface area contributed by atoms with Crippen molar-refractivity contribution < 1.29 is 13.3 Å². The number of aromatic nitrogens is 1. The lowest BCUT2D eigenvalue weighted by Gasteiger charge is -2.03. The predicted molar refractivity (Wildman–Crippen MR) is 61.7 cm³/mol. The molecule has 1 aromatic carbocycles. The number of nitrogens with zero attached hydrogens (tertiary/aromatic N) is 1. The van der Waals surface area contributed by atoms with E-state index in [1.165, 1.54) is 18.9 Å². The lowest BCUT2D eigenvalue weighted by atomic mass is 10.1. The summed E-state index contributed by atoms with van der Waals surface area (Å²) in [5, 5.41) is 7.05. The van der Waals surface area contributed by atoms with Crippen molar-refractivity contribution in [2.24, 2.45) is 0 Å². The van der Waals surface area contributed by atoms with Gasteiger partial charge >= 0.3 is 0 Å². The molecule has 3 rings (SSSR count). The highest BCUT2D eigenvalue weighted by Gasteiger charge is 2.21. The molecule has 0 saturated heterocycles. The number of nitrogens with one attached hydrogen (secondary N) is 1. The number of benzene rings is 1. The highest BCUT2D eigenvalue weighted by Crippen LogP contribution is 2.26. The van der Waals surface area contributed by atoms with E-state index in [2.05, 4.69) is 10.5 Å². The van der Waals surface area contributed by atoms with E-state index in [0.717, 1.165) is 17.7 Å². The van der Waals surface area contributed by atoms with E-state index in [-0.39, 0.29) is 0 Å². The van der Waals surface area contributed by atoms with Gasteiger partial charge in [0.05, 0.1) is 6.20 Å². The van der Waals surface area contributed by atoms with Gasteiger partial charge in [-0.1, -0.05) is 5.16 Å². The van der Waals surface area contributed by atoms with Crippen molar-refractivity contribution >= 4 is 0 Å². The fourth-order valence-electron chi connectivity index (χ4n) is 1.80. The molecule has 1 saturated carbocycles. The van der Waals surface area contributed by atoms with Gasteiger partial charge in [-0.15, -0.1) is 0 Å². The highest BCUT2D eigenvalue weighted by atomic mass is 19.2. The molecule has 18 heavy (non-hydrogen) atoms. The maximum atomic E-state index is 13.2. The molecule has 0 aliphatic heterocycles. The molecule has 1 N–H and O–H groups in total. The number of halogens is 2. The average molecular weight is 250 g/mol. The summed E-state index contributed by atoms with van der Waals surface area (Å²) in [5.74, 6) is -1.26. The first-order valence-electron chi connectivity index (χ1n) is 5.86. The summed E-state index contributed by atoms with van der Waals surface area (Å²) in [5.41, 5.74) is 1.35. The van der Waals surface area contributed by atoms with Crippen LogP contribution in [0.4, 0.5) is 8.78 Å². The molecule has 0 unspecified atom stereocenters. The van der Waals surface area contributed by atoms with Crippen molar-refractivity contribution in [3.05, 3.63) is 41.6 Å². The Labute approximate surface area is 103 Å². The Bertz CT molecular complexity index is 564. The minimum Gasteiger partial charge on any atom is -0.356 e. The van der Waals surface area contributed by atoms with Crippen LogP contribution in [0.5, 0.6) is 0 Å². The maximum absolute atomic E-state index is 13.2. The number of hydrogen-bond acceptors (Lipinski definition) is 3. The van der Waals surface area contributed by atoms with Crippen molar-refractivity contribution in [3.8, 4) is 11.3 Å². The molecule has 1 fully saturated rings. The van der Waals surface area contributed by atoms with Crippen LogP contribution < -0.4 is 5.32 Å². The summed E-state index contributed by atoms with van der Waals surface area (Å²) in [6, 6.07) is 4.26. The topological polar surface area (TPSA) is 38.1 Å². The molecule has 0 radical (unpaired) electrons. The van der Waals surface area contributed by atoms with Crippen LogP contribution in [0.2, 0.25) is 0 Å². The van der Waals surface area contributed by atoms with Gasteiger partial charge < -0.3 is 9.84 Å². The molecule has 1 heterocycles. The lowest BCUT2D eigenvalue weighted by Crippen LogP contribution is -2.15. The summed E-state index contributed by atoms with van der Waals surface area (Å²) in [7, 11) is 0. The van der Waals surface area contributed by atoms with Gasteiger partial charge in [-0.2, -0.15) is 0 Å². The molecule has 0 spiro atoms. The first-order chi connectivity index (χ1) is 8.74. The van der Waals surface area contributed by atoms with E-state index in [4.69, 9.17) is 4.52 Å². The van der Waals surface area contributed by atoms with Crippen LogP contribution in [0.25, 0.3) is 11.3 Å². The standard InChI is InChI=1S/C13H12F2N2O/c14-11-4-1-8(5-12(11)15)13-9(7-17-18-13)6-16-10-2-3-10/h1,4-5,7,10,16H,2-3,6H2. The zero-order chi connectivity index (χ0) is 12.5. The van der Waals surface area contributed by atoms with Gasteiger partial charge in [0.25, 0.3) is 0 Å². The van der Waals surface area contributed by atoms with Gasteiger partial charge in [-0.05, 0) is 31.0 Å². The second kappa shape index (κ2) is 4.49. The summed E-state index contributed by atoms with van der Waals surface area (Å²) in [4.78, 5) is 0. The third-order valence-electron chi connectivity index (χ3n) is 2.98. The zero-order valence-corrected chi connectivity index (χ0v) is 9.62. The van der Waals surface area contributed by atoms with E-state index < -0.39 is 11.6 Å². The van der Waals surface area contributed by atoms with E-state index in [1.807, 2.05) is 0 Å². The van der Waals surface area contributed by atoms with Crippen molar-refractivity contribution in [1.29, 1.82) is 0 Å². The molecule has 94 valence electrons. The maximum Gasteiger partial charge on any atom is 0.171 e. The quantitative estimate of drug-likeness (QED) is 0.906. The van der Waals surface area contributed by atoms with Crippen molar-refractivity contribution in [3.63, 3.8) is 0 Å². The fourth-order valence-corrected chi connectivity index (χ4v) is 1.80. The average Bonchev–Trinajstić information content (AvgIpc) is 3.08. The first-order valence-corrected chi connectivity index (χ1v) is 5.86. The Morgan fingerprint density at radius 2 is 2.11 bits per heavy atom. The van der Waals surface area contributed by atoms with Gasteiger partial charge in [0.2, 0.25) is 0 Å². The molecular weight excluding hydrogens is 238 g/mol. The molecule has 1 aromatic heterocycles. The zero-order valence-electron chi connectivity index (χ0n) is 9.62. The number of hydrogen-bond donors (Lipinski definition) is 1. The highest BCUT2D eigenvalue weighted by molar-refractivity contribution is 5.60. The molecule has 2 aromatic rings. The van der Waals surface area contributed by atoms with E-state index in [1.54, 1.807) is 6.20 Å². The number of rotatable bonds is 4. The van der Waals surface area contributed by atoms with E-state index >= 15 is 0 Å². The normalized spacial score (nSPS) is 15.0. The SMILES string of the molecule is Fc1ccc(-c2oncc2CNC2CC2)cc1F. The molecule has 3 nitrogen and oxygen atoms in total. The Morgan fingerprint density at radius 3 is 2.83 bits per heavy atom. The molecule has 1 aliphatic carbocycles. The first kappa shape index (κ1) is 11.3. The van der Waals surface area contributed by atoms with Crippen LogP contribution in [0.3, 0.4) is 0 Å². The minimum absolute atomic E-state index is 0.488. The minimum atomic E-state index is -0.884. The molecule has 1 aliphatic rings. The summed E-state index contributed by atoms with van der Waals surface area (Å²) in [6.45, 7) is 0.627. The lowest BCUT2D eigenvalue weighted by molar-refractivity contribution is 0.430. The van der Waals surface area contributed by atoms with Crippen LogP contribution in [0.15, 0.2) is 28.9 Å². The smallest absolute Gasteiger partial charge is 0.171 e. The summed E-state index contributed by atoms with van der Waals surface area (Å²) >= 11 is 0. The van der Waals surface area contributed by atoms with Gasteiger partial charge in [0, 0.05) is 23.7 Å². The molecule has 0 atom stereocenters. The second-order valence-corrected chi connectivity index (χ2v) is 4.46. The van der Waals surface area contributed by atoms with Crippen LogP contribution in [-0.2, 0) is 6.54 Å². The van der Waals surface area contributed by atoms with Crippen LogP contribution in [0.1, 0.15) is 18.4 Å². The monoisotopic (exact) mass is 250 g/mol. The van der Waals surface area contributed by atoms with E-state index in [9.17, 15) is 8.78 Å². The van der Waals surface area contributed by atoms with Crippen molar-refractivity contribution in [1.82, 2.24) is 10.5 Å². The third kappa shape index (κ3) is 2.26. The second-order valence-electron chi connectivity index (χ2n) is 4.46. The molecular formula is C13H12F2N2O. The fraction of sp³-hybridized carbons (Fsp3) is 0.308. The van der Waals surface area contributed by atoms with Gasteiger partial charge in [-0.25, -0.2) is 8.78 Å². The Kier molecular flexibility index (Phi) is 2.83. The largest absolute Gasteiger partial charge is 0.356 e. The molecule has 0 bridgehead atoms. The van der Waals surface area contributed by atoms with Crippen LogP contribution in [0, 0.1) is 11.6 Å². The Morgan fingerprint density at radius 1 is 1.28 bits per heavy atom. The van der Waals surface area contributed by atoms with Crippen LogP contribution >= 0.6 is 0 Å². The van der Waals surface area contributed by atoms with Gasteiger partial charge in [0.1, 0.15) is 0 Å². The Hall–Kier alpha value is -1.75. The van der Waals surface area contributed by atoms with Crippen molar-refractivity contribution in [2.75, 3.05) is 0 Å². The molecule has 0 amide bonds. The Balaban J connectivity index is 1.85. The van der Waals surface area contributed by atoms with E-state index in [0.29, 0.717) is 23.9 Å². The summed E-state index contributed by atoms with van der Waals surface area (Å²) in [6.07, 6.45) is 3.98. The summed E-state index contributed by atoms with van der Waals surface area (Å²) < 4.78 is 31.2. The third-order valence-corrected chi connectivity index (χ3v) is 2.98. The van der Waals surface area contributed by atoms with Crippen LogP contribution in [-0.4, -0.2) is 11.2 Å². The predicted octanol–water partition coefficient (Wildman–Crippen LogP) is 2.87. The van der Waals surface area contributed by atoms with Crippen molar-refractivity contribution in [2.45, 2.75) is 25.4 Å².